The van der Waals surface area contributed by atoms with E-state index in [-0.39, 0.29) is 6.04 Å². The number of nitrogens with two attached hydrogens (primary N) is 1. The number of alkyl halides is 1. The van der Waals surface area contributed by atoms with Gasteiger partial charge >= 0.3 is 0 Å². The Morgan fingerprint density at radius 2 is 2.38 bits per heavy atom. The lowest BCUT2D eigenvalue weighted by Gasteiger charge is -2.14. The number of nitrogens with one attached hydrogen (secondary N) is 1. The van der Waals surface area contributed by atoms with Crippen LogP contribution >= 0.6 is 38.9 Å². The first kappa shape index (κ1) is 11.5. The maximum atomic E-state index is 5.63. The Morgan fingerprint density at radius 3 is 2.85 bits per heavy atom. The molecule has 0 aliphatic rings. The van der Waals surface area contributed by atoms with Crippen LogP contribution in [0.25, 0.3) is 0 Å². The number of hydrogen-bond acceptors (Lipinski definition) is 3. The molecule has 0 spiro atoms. The Kier molecular flexibility index (Phi) is 5.28. The van der Waals surface area contributed by atoms with Gasteiger partial charge < -0.3 is 0 Å². The first-order valence-electron chi connectivity index (χ1n) is 4.03. The molecule has 1 rings (SSSR count). The van der Waals surface area contributed by atoms with Gasteiger partial charge in [0.2, 0.25) is 0 Å². The van der Waals surface area contributed by atoms with Crippen molar-refractivity contribution in [3.05, 3.63) is 20.8 Å². The predicted octanol–water partition coefficient (Wildman–Crippen LogP) is 3.03. The monoisotopic (exact) mass is 282 g/mol. The third kappa shape index (κ3) is 3.22. The molecular weight excluding hydrogens is 272 g/mol. The highest BCUT2D eigenvalue weighted by atomic mass is 79.9. The highest BCUT2D eigenvalue weighted by Gasteiger charge is 2.12. The van der Waals surface area contributed by atoms with Crippen LogP contribution in [0.3, 0.4) is 0 Å². The maximum Gasteiger partial charge on any atom is 0.0479 e. The molecule has 3 N–H and O–H groups in total. The van der Waals surface area contributed by atoms with E-state index in [0.717, 1.165) is 17.3 Å². The van der Waals surface area contributed by atoms with E-state index in [1.54, 1.807) is 11.3 Å². The van der Waals surface area contributed by atoms with E-state index in [2.05, 4.69) is 32.1 Å². The van der Waals surface area contributed by atoms with Crippen molar-refractivity contribution in [3.63, 3.8) is 0 Å². The number of hydrogen-bond donors (Lipinski definition) is 2. The van der Waals surface area contributed by atoms with Gasteiger partial charge in [-0.25, -0.2) is 0 Å². The molecule has 1 unspecified atom stereocenters. The van der Waals surface area contributed by atoms with Gasteiger partial charge in [-0.05, 0) is 39.7 Å². The fourth-order valence-corrected chi connectivity index (χ4v) is 2.93. The number of halogens is 2. The molecule has 2 nitrogen and oxygen atoms in total. The molecule has 0 amide bonds. The molecule has 0 aromatic carbocycles. The van der Waals surface area contributed by atoms with Crippen LogP contribution < -0.4 is 11.3 Å². The minimum atomic E-state index is 0.208. The molecule has 0 fully saturated rings. The molecule has 0 aliphatic heterocycles. The molecule has 13 heavy (non-hydrogen) atoms. The second-order valence-electron chi connectivity index (χ2n) is 2.73. The summed E-state index contributed by atoms with van der Waals surface area (Å²) in [7, 11) is 0. The van der Waals surface area contributed by atoms with Crippen LogP contribution in [0.1, 0.15) is 24.4 Å². The van der Waals surface area contributed by atoms with Gasteiger partial charge in [0.15, 0.2) is 0 Å². The number of rotatable bonds is 5. The fraction of sp³-hybridized carbons (Fsp3) is 0.500. The largest absolute Gasteiger partial charge is 0.271 e. The number of thiophene rings is 1. The summed E-state index contributed by atoms with van der Waals surface area (Å²) in [4.78, 5) is 0. The summed E-state index contributed by atoms with van der Waals surface area (Å²) in [5.41, 5.74) is 4.02. The first-order valence-corrected chi connectivity index (χ1v) is 6.30. The zero-order valence-electron chi connectivity index (χ0n) is 7.09. The predicted molar refractivity (Wildman–Crippen MR) is 62.0 cm³/mol. The van der Waals surface area contributed by atoms with Gasteiger partial charge in [0, 0.05) is 21.8 Å². The topological polar surface area (TPSA) is 38.0 Å². The van der Waals surface area contributed by atoms with Gasteiger partial charge in [-0.15, -0.1) is 11.6 Å². The third-order valence-corrected chi connectivity index (χ3v) is 3.86. The zero-order valence-corrected chi connectivity index (χ0v) is 10.3. The SMILES string of the molecule is NNC(CCCCl)c1cscc1Br. The van der Waals surface area contributed by atoms with E-state index in [1.807, 2.05) is 0 Å². The molecule has 0 bridgehead atoms. The molecule has 0 saturated carbocycles. The second-order valence-corrected chi connectivity index (χ2v) is 4.70. The average Bonchev–Trinajstić information content (AvgIpc) is 2.54. The highest BCUT2D eigenvalue weighted by molar-refractivity contribution is 9.10. The molecule has 1 heterocycles. The van der Waals surface area contributed by atoms with Crippen molar-refractivity contribution in [1.29, 1.82) is 0 Å². The van der Waals surface area contributed by atoms with Crippen molar-refractivity contribution >= 4 is 38.9 Å². The van der Waals surface area contributed by atoms with E-state index in [9.17, 15) is 0 Å². The Labute approximate surface area is 95.6 Å². The lowest BCUT2D eigenvalue weighted by Crippen LogP contribution is -2.27. The van der Waals surface area contributed by atoms with Gasteiger partial charge in [-0.1, -0.05) is 0 Å². The van der Waals surface area contributed by atoms with Crippen molar-refractivity contribution in [2.45, 2.75) is 18.9 Å². The quantitative estimate of drug-likeness (QED) is 0.495. The van der Waals surface area contributed by atoms with Crippen LogP contribution in [0.4, 0.5) is 0 Å². The van der Waals surface area contributed by atoms with Crippen molar-refractivity contribution in [2.75, 3.05) is 5.88 Å². The van der Waals surface area contributed by atoms with Gasteiger partial charge in [0.05, 0.1) is 0 Å². The van der Waals surface area contributed by atoms with E-state index < -0.39 is 0 Å². The standard InChI is InChI=1S/C8H12BrClN2S/c9-7-5-13-4-6(7)8(12-11)2-1-3-10/h4-5,8,12H,1-3,11H2. The highest BCUT2D eigenvalue weighted by Crippen LogP contribution is 2.29. The molecule has 0 aliphatic carbocycles. The molecular formula is C8H12BrClN2S. The third-order valence-electron chi connectivity index (χ3n) is 1.85. The van der Waals surface area contributed by atoms with E-state index in [0.29, 0.717) is 5.88 Å². The van der Waals surface area contributed by atoms with E-state index in [4.69, 9.17) is 17.4 Å². The minimum absolute atomic E-state index is 0.208. The van der Waals surface area contributed by atoms with Crippen molar-refractivity contribution in [2.24, 2.45) is 5.84 Å². The second kappa shape index (κ2) is 5.98. The summed E-state index contributed by atoms with van der Waals surface area (Å²) < 4.78 is 1.12. The fourth-order valence-electron chi connectivity index (χ4n) is 1.15. The first-order chi connectivity index (χ1) is 6.29. The molecule has 1 atom stereocenters. The molecule has 0 saturated heterocycles. The summed E-state index contributed by atoms with van der Waals surface area (Å²) in [6, 6.07) is 0.208. The van der Waals surface area contributed by atoms with Crippen LogP contribution in [0.2, 0.25) is 0 Å². The lowest BCUT2D eigenvalue weighted by atomic mass is 10.1. The molecule has 5 heteroatoms. The summed E-state index contributed by atoms with van der Waals surface area (Å²) in [6.07, 6.45) is 1.94. The summed E-state index contributed by atoms with van der Waals surface area (Å²) in [5.74, 6) is 6.14. The summed E-state index contributed by atoms with van der Waals surface area (Å²) >= 11 is 10.8. The molecule has 1 aromatic heterocycles. The van der Waals surface area contributed by atoms with Gasteiger partial charge in [0.25, 0.3) is 0 Å². The Morgan fingerprint density at radius 1 is 1.62 bits per heavy atom. The van der Waals surface area contributed by atoms with Gasteiger partial charge in [-0.3, -0.25) is 11.3 Å². The summed E-state index contributed by atoms with van der Waals surface area (Å²) in [5, 5.41) is 4.16. The van der Waals surface area contributed by atoms with Crippen molar-refractivity contribution in [3.8, 4) is 0 Å². The van der Waals surface area contributed by atoms with Crippen LogP contribution in [-0.4, -0.2) is 5.88 Å². The van der Waals surface area contributed by atoms with E-state index >= 15 is 0 Å². The van der Waals surface area contributed by atoms with Crippen LogP contribution in [0.5, 0.6) is 0 Å². The van der Waals surface area contributed by atoms with Crippen molar-refractivity contribution in [1.82, 2.24) is 5.43 Å². The van der Waals surface area contributed by atoms with Crippen LogP contribution in [-0.2, 0) is 0 Å². The maximum absolute atomic E-state index is 5.63. The van der Waals surface area contributed by atoms with E-state index in [1.165, 1.54) is 5.56 Å². The zero-order chi connectivity index (χ0) is 9.68. The minimum Gasteiger partial charge on any atom is -0.271 e. The molecule has 0 radical (unpaired) electrons. The summed E-state index contributed by atoms with van der Waals surface area (Å²) in [6.45, 7) is 0. The van der Waals surface area contributed by atoms with Crippen molar-refractivity contribution < 1.29 is 0 Å². The Hall–Kier alpha value is 0.390. The average molecular weight is 284 g/mol. The Bertz CT molecular complexity index is 254. The normalized spacial score (nSPS) is 13.2. The molecule has 1 aromatic rings. The smallest absolute Gasteiger partial charge is 0.0479 e. The lowest BCUT2D eigenvalue weighted by molar-refractivity contribution is 0.511. The van der Waals surface area contributed by atoms with Crippen LogP contribution in [0, 0.1) is 0 Å². The van der Waals surface area contributed by atoms with Gasteiger partial charge in [-0.2, -0.15) is 11.3 Å². The Balaban J connectivity index is 2.61. The van der Waals surface area contributed by atoms with Crippen LogP contribution in [0.15, 0.2) is 15.2 Å². The molecule has 74 valence electrons. The van der Waals surface area contributed by atoms with Gasteiger partial charge in [0.1, 0.15) is 0 Å². The number of hydrazine groups is 1.